The molecule has 3 aromatic rings. The van der Waals surface area contributed by atoms with Crippen LogP contribution >= 0.6 is 0 Å². The van der Waals surface area contributed by atoms with Gasteiger partial charge in [0.15, 0.2) is 0 Å². The van der Waals surface area contributed by atoms with Crippen LogP contribution in [0.2, 0.25) is 0 Å². The van der Waals surface area contributed by atoms with E-state index in [1.807, 2.05) is 6.92 Å². The number of carbonyl (C=O) groups is 1. The molecule has 0 aliphatic rings. The van der Waals surface area contributed by atoms with E-state index in [0.29, 0.717) is 34.4 Å². The van der Waals surface area contributed by atoms with E-state index < -0.39 is 10.1 Å². The van der Waals surface area contributed by atoms with Crippen molar-refractivity contribution in [2.45, 2.75) is 11.8 Å². The zero-order chi connectivity index (χ0) is 18.7. The number of nitrogens with one attached hydrogen (secondary N) is 1. The first kappa shape index (κ1) is 17.9. The van der Waals surface area contributed by atoms with Crippen LogP contribution in [0, 0.1) is 0 Å². The lowest BCUT2D eigenvalue weighted by atomic mass is 10.1. The fraction of sp³-hybridized carbons (Fsp3) is 0.105. The first-order valence-electron chi connectivity index (χ1n) is 7.93. The highest BCUT2D eigenvalue weighted by Crippen LogP contribution is 2.29. The molecule has 0 saturated carbocycles. The molecule has 2 N–H and O–H groups in total. The normalized spacial score (nSPS) is 11.3. The lowest BCUT2D eigenvalue weighted by molar-refractivity contribution is 0.102. The molecule has 26 heavy (non-hydrogen) atoms. The second kappa shape index (κ2) is 7.15. The van der Waals surface area contributed by atoms with Gasteiger partial charge >= 0.3 is 0 Å². The fourth-order valence-electron chi connectivity index (χ4n) is 2.67. The van der Waals surface area contributed by atoms with Gasteiger partial charge < -0.3 is 10.1 Å². The van der Waals surface area contributed by atoms with Crippen LogP contribution in [0.15, 0.2) is 65.6 Å². The van der Waals surface area contributed by atoms with Crippen molar-refractivity contribution in [2.24, 2.45) is 0 Å². The number of carbonyl (C=O) groups excluding carboxylic acids is 1. The van der Waals surface area contributed by atoms with E-state index in [9.17, 15) is 17.8 Å². The van der Waals surface area contributed by atoms with Gasteiger partial charge in [-0.1, -0.05) is 24.3 Å². The van der Waals surface area contributed by atoms with Gasteiger partial charge in [-0.05, 0) is 43.3 Å². The highest BCUT2D eigenvalue weighted by Gasteiger charge is 2.16. The summed E-state index contributed by atoms with van der Waals surface area (Å²) in [4.78, 5) is 12.3. The van der Waals surface area contributed by atoms with E-state index in [-0.39, 0.29) is 10.8 Å². The largest absolute Gasteiger partial charge is 0.494 e. The Hall–Kier alpha value is -2.90. The van der Waals surface area contributed by atoms with Gasteiger partial charge in [0.2, 0.25) is 0 Å². The standard InChI is InChI=1S/C19H17NO5S/c1-2-25-14-9-7-13(8-10-14)19(21)20-17-11-12-18(26(22,23)24)16-6-4-3-5-15(16)17/h3-12H,2H2,1H3,(H,20,21)(H,22,23,24). The first-order valence-corrected chi connectivity index (χ1v) is 9.37. The molecule has 3 aromatic carbocycles. The zero-order valence-corrected chi connectivity index (χ0v) is 14.8. The van der Waals surface area contributed by atoms with Crippen molar-refractivity contribution in [3.8, 4) is 5.75 Å². The number of rotatable bonds is 5. The molecule has 6 nitrogen and oxygen atoms in total. The molecule has 0 aliphatic carbocycles. The molecule has 0 aliphatic heterocycles. The SMILES string of the molecule is CCOc1ccc(C(=O)Nc2ccc(S(=O)(=O)O)c3ccccc23)cc1. The van der Waals surface area contributed by atoms with Crippen LogP contribution in [0.5, 0.6) is 5.75 Å². The molecular formula is C19H17NO5S. The number of ether oxygens (including phenoxy) is 1. The Kier molecular flexibility index (Phi) is 4.92. The van der Waals surface area contributed by atoms with E-state index in [1.54, 1.807) is 48.5 Å². The van der Waals surface area contributed by atoms with Crippen molar-refractivity contribution in [2.75, 3.05) is 11.9 Å². The van der Waals surface area contributed by atoms with Gasteiger partial charge in [0.25, 0.3) is 16.0 Å². The second-order valence-electron chi connectivity index (χ2n) is 5.54. The monoisotopic (exact) mass is 371 g/mol. The highest BCUT2D eigenvalue weighted by atomic mass is 32.2. The molecule has 1 amide bonds. The summed E-state index contributed by atoms with van der Waals surface area (Å²) in [5, 5.41) is 3.62. The van der Waals surface area contributed by atoms with E-state index in [1.165, 1.54) is 12.1 Å². The maximum absolute atomic E-state index is 12.5. The predicted molar refractivity (Wildman–Crippen MR) is 99.3 cm³/mol. The maximum Gasteiger partial charge on any atom is 0.295 e. The van der Waals surface area contributed by atoms with Crippen molar-refractivity contribution in [3.05, 3.63) is 66.2 Å². The molecule has 0 bridgehead atoms. The summed E-state index contributed by atoms with van der Waals surface area (Å²) in [6.45, 7) is 2.42. The number of amides is 1. The summed E-state index contributed by atoms with van der Waals surface area (Å²) < 4.78 is 37.8. The second-order valence-corrected chi connectivity index (χ2v) is 6.93. The van der Waals surface area contributed by atoms with Crippen LogP contribution in [0.25, 0.3) is 10.8 Å². The highest BCUT2D eigenvalue weighted by molar-refractivity contribution is 7.86. The number of hydrogen-bond acceptors (Lipinski definition) is 4. The minimum Gasteiger partial charge on any atom is -0.494 e. The zero-order valence-electron chi connectivity index (χ0n) is 14.0. The quantitative estimate of drug-likeness (QED) is 0.667. The molecule has 0 radical (unpaired) electrons. The van der Waals surface area contributed by atoms with Crippen molar-refractivity contribution in [1.29, 1.82) is 0 Å². The van der Waals surface area contributed by atoms with Crippen LogP contribution in [-0.4, -0.2) is 25.5 Å². The molecule has 134 valence electrons. The minimum absolute atomic E-state index is 0.202. The molecule has 0 aromatic heterocycles. The predicted octanol–water partition coefficient (Wildman–Crippen LogP) is 3.74. The van der Waals surface area contributed by atoms with E-state index in [4.69, 9.17) is 4.74 Å². The van der Waals surface area contributed by atoms with Gasteiger partial charge in [-0.15, -0.1) is 0 Å². The summed E-state index contributed by atoms with van der Waals surface area (Å²) in [5.41, 5.74) is 0.892. The van der Waals surface area contributed by atoms with Gasteiger partial charge in [0, 0.05) is 22.0 Å². The van der Waals surface area contributed by atoms with Crippen LogP contribution in [0.3, 0.4) is 0 Å². The smallest absolute Gasteiger partial charge is 0.295 e. The maximum atomic E-state index is 12.5. The Balaban J connectivity index is 1.95. The summed E-state index contributed by atoms with van der Waals surface area (Å²) in [6, 6.07) is 16.1. The summed E-state index contributed by atoms with van der Waals surface area (Å²) in [6.07, 6.45) is 0. The van der Waals surface area contributed by atoms with Crippen molar-refractivity contribution < 1.29 is 22.5 Å². The first-order chi connectivity index (χ1) is 12.4. The van der Waals surface area contributed by atoms with E-state index in [0.717, 1.165) is 0 Å². The third kappa shape index (κ3) is 3.68. The molecule has 0 fully saturated rings. The minimum atomic E-state index is -4.36. The Morgan fingerprint density at radius 3 is 2.27 bits per heavy atom. The molecule has 7 heteroatoms. The fourth-order valence-corrected chi connectivity index (χ4v) is 3.36. The Morgan fingerprint density at radius 2 is 1.65 bits per heavy atom. The summed E-state index contributed by atoms with van der Waals surface area (Å²) in [5.74, 6) is 0.338. The van der Waals surface area contributed by atoms with Gasteiger partial charge in [-0.2, -0.15) is 8.42 Å². The summed E-state index contributed by atoms with van der Waals surface area (Å²) in [7, 11) is -4.36. The average Bonchev–Trinajstić information content (AvgIpc) is 2.62. The Labute approximate surface area is 151 Å². The van der Waals surface area contributed by atoms with E-state index in [2.05, 4.69) is 5.32 Å². The lowest BCUT2D eigenvalue weighted by Crippen LogP contribution is -2.12. The van der Waals surface area contributed by atoms with Gasteiger partial charge in [-0.25, -0.2) is 0 Å². The van der Waals surface area contributed by atoms with E-state index >= 15 is 0 Å². The molecule has 0 spiro atoms. The molecule has 3 rings (SSSR count). The van der Waals surface area contributed by atoms with Crippen molar-refractivity contribution >= 4 is 32.5 Å². The van der Waals surface area contributed by atoms with Crippen molar-refractivity contribution in [1.82, 2.24) is 0 Å². The van der Waals surface area contributed by atoms with Crippen molar-refractivity contribution in [3.63, 3.8) is 0 Å². The number of fused-ring (bicyclic) bond motifs is 1. The van der Waals surface area contributed by atoms with Crippen LogP contribution in [0.4, 0.5) is 5.69 Å². The molecule has 0 saturated heterocycles. The third-order valence-corrected chi connectivity index (χ3v) is 4.75. The average molecular weight is 371 g/mol. The number of hydrogen-bond donors (Lipinski definition) is 2. The molecular weight excluding hydrogens is 354 g/mol. The number of benzene rings is 3. The molecule has 0 unspecified atom stereocenters. The van der Waals surface area contributed by atoms with Gasteiger partial charge in [0.05, 0.1) is 6.61 Å². The number of anilines is 1. The van der Waals surface area contributed by atoms with Crippen LogP contribution < -0.4 is 10.1 Å². The molecule has 0 atom stereocenters. The topological polar surface area (TPSA) is 92.7 Å². The Morgan fingerprint density at radius 1 is 1.00 bits per heavy atom. The summed E-state index contributed by atoms with van der Waals surface area (Å²) >= 11 is 0. The van der Waals surface area contributed by atoms with Gasteiger partial charge in [-0.3, -0.25) is 9.35 Å². The third-order valence-electron chi connectivity index (χ3n) is 3.84. The molecule has 0 heterocycles. The van der Waals surface area contributed by atoms with Gasteiger partial charge in [0.1, 0.15) is 10.6 Å². The van der Waals surface area contributed by atoms with Crippen LogP contribution in [0.1, 0.15) is 17.3 Å². The lowest BCUT2D eigenvalue weighted by Gasteiger charge is -2.11. The Bertz CT molecular complexity index is 1060. The van der Waals surface area contributed by atoms with Crippen LogP contribution in [-0.2, 0) is 10.1 Å².